The van der Waals surface area contributed by atoms with Crippen LogP contribution in [-0.4, -0.2) is 16.1 Å². The molecule has 0 radical (unpaired) electrons. The summed E-state index contributed by atoms with van der Waals surface area (Å²) in [5, 5.41) is 10.4. The number of nitrogens with one attached hydrogen (secondary N) is 2. The van der Waals surface area contributed by atoms with Gasteiger partial charge in [-0.05, 0) is 33.5 Å². The number of benzene rings is 1. The molecule has 4 nitrogen and oxygen atoms in total. The Balaban J connectivity index is 2.08. The highest BCUT2D eigenvalue weighted by molar-refractivity contribution is 9.10. The van der Waals surface area contributed by atoms with Crippen LogP contribution in [0.5, 0.6) is 0 Å². The summed E-state index contributed by atoms with van der Waals surface area (Å²) in [6.45, 7) is 4.43. The quantitative estimate of drug-likeness (QED) is 0.873. The fraction of sp³-hybridized carbons (Fsp3) is 0.286. The first-order chi connectivity index (χ1) is 9.50. The molecule has 0 fully saturated rings. The second-order valence-electron chi connectivity index (χ2n) is 4.73. The molecule has 0 unspecified atom stereocenters. The minimum Gasteiger partial charge on any atom is -0.346 e. The largest absolute Gasteiger partial charge is 0.346 e. The van der Waals surface area contributed by atoms with Crippen LogP contribution in [0.25, 0.3) is 0 Å². The van der Waals surface area contributed by atoms with E-state index in [2.05, 4.69) is 31.4 Å². The molecule has 20 heavy (non-hydrogen) atoms. The molecule has 0 saturated heterocycles. The number of aromatic nitrogens is 2. The standard InChI is InChI=1S/C14H15BrClN3O/c1-8(2)12-11(15)13(19-18-12)14(20)17-7-9-5-3-4-6-10(9)16/h3-6,8H,7H2,1-2H3,(H,17,20)(H,18,19). The molecular weight excluding hydrogens is 342 g/mol. The molecule has 0 aliphatic carbocycles. The van der Waals surface area contributed by atoms with Crippen LogP contribution < -0.4 is 5.32 Å². The van der Waals surface area contributed by atoms with E-state index in [-0.39, 0.29) is 11.8 Å². The Morgan fingerprint density at radius 3 is 2.75 bits per heavy atom. The van der Waals surface area contributed by atoms with Crippen molar-refractivity contribution >= 4 is 33.4 Å². The highest BCUT2D eigenvalue weighted by Crippen LogP contribution is 2.25. The van der Waals surface area contributed by atoms with Gasteiger partial charge in [0.1, 0.15) is 0 Å². The smallest absolute Gasteiger partial charge is 0.273 e. The average Bonchev–Trinajstić information content (AvgIpc) is 2.79. The lowest BCUT2D eigenvalue weighted by Gasteiger charge is -2.06. The molecule has 0 aliphatic rings. The van der Waals surface area contributed by atoms with Crippen molar-refractivity contribution in [3.05, 3.63) is 50.7 Å². The Bertz CT molecular complexity index is 625. The van der Waals surface area contributed by atoms with Crippen LogP contribution in [0.2, 0.25) is 5.02 Å². The number of nitrogens with zero attached hydrogens (tertiary/aromatic N) is 1. The van der Waals surface area contributed by atoms with Crippen LogP contribution >= 0.6 is 27.5 Å². The third-order valence-corrected chi connectivity index (χ3v) is 4.09. The van der Waals surface area contributed by atoms with Crippen LogP contribution in [-0.2, 0) is 6.54 Å². The molecule has 1 heterocycles. The third-order valence-electron chi connectivity index (χ3n) is 2.92. The first-order valence-electron chi connectivity index (χ1n) is 6.26. The van der Waals surface area contributed by atoms with E-state index in [9.17, 15) is 4.79 Å². The Kier molecular flexibility index (Phi) is 4.83. The molecule has 106 valence electrons. The zero-order valence-corrected chi connectivity index (χ0v) is 13.5. The van der Waals surface area contributed by atoms with Gasteiger partial charge in [0, 0.05) is 11.6 Å². The first kappa shape index (κ1) is 15.1. The van der Waals surface area contributed by atoms with Crippen LogP contribution in [0.4, 0.5) is 0 Å². The highest BCUT2D eigenvalue weighted by Gasteiger charge is 2.19. The summed E-state index contributed by atoms with van der Waals surface area (Å²) in [7, 11) is 0. The summed E-state index contributed by atoms with van der Waals surface area (Å²) in [6.07, 6.45) is 0. The van der Waals surface area contributed by atoms with Gasteiger partial charge in [-0.25, -0.2) is 0 Å². The number of aromatic amines is 1. The van der Waals surface area contributed by atoms with Crippen molar-refractivity contribution in [2.24, 2.45) is 0 Å². The van der Waals surface area contributed by atoms with Gasteiger partial charge >= 0.3 is 0 Å². The predicted molar refractivity (Wildman–Crippen MR) is 83.0 cm³/mol. The van der Waals surface area contributed by atoms with Gasteiger partial charge in [0.25, 0.3) is 5.91 Å². The number of hydrogen-bond acceptors (Lipinski definition) is 2. The van der Waals surface area contributed by atoms with Gasteiger partial charge in [-0.2, -0.15) is 5.10 Å². The van der Waals surface area contributed by atoms with Crippen LogP contribution in [0, 0.1) is 0 Å². The van der Waals surface area contributed by atoms with E-state index < -0.39 is 0 Å². The second kappa shape index (κ2) is 6.41. The van der Waals surface area contributed by atoms with E-state index in [4.69, 9.17) is 11.6 Å². The number of carbonyl (C=O) groups excluding carboxylic acids is 1. The summed E-state index contributed by atoms with van der Waals surface area (Å²) in [4.78, 5) is 12.1. The molecule has 0 spiro atoms. The number of H-pyrrole nitrogens is 1. The molecule has 1 amide bonds. The topological polar surface area (TPSA) is 57.8 Å². The number of amides is 1. The van der Waals surface area contributed by atoms with E-state index in [0.717, 1.165) is 11.3 Å². The fourth-order valence-electron chi connectivity index (χ4n) is 1.78. The Hall–Kier alpha value is -1.33. The number of rotatable bonds is 4. The maximum absolute atomic E-state index is 12.1. The Labute approximate surface area is 131 Å². The molecule has 2 aromatic rings. The Morgan fingerprint density at radius 1 is 1.45 bits per heavy atom. The number of hydrogen-bond donors (Lipinski definition) is 2. The van der Waals surface area contributed by atoms with Gasteiger partial charge in [-0.15, -0.1) is 0 Å². The molecule has 2 rings (SSSR count). The van der Waals surface area contributed by atoms with Gasteiger partial charge in [-0.1, -0.05) is 43.6 Å². The molecule has 0 bridgehead atoms. The van der Waals surface area contributed by atoms with Crippen LogP contribution in [0.1, 0.15) is 41.5 Å². The van der Waals surface area contributed by atoms with E-state index in [1.165, 1.54) is 0 Å². The fourth-order valence-corrected chi connectivity index (χ4v) is 2.79. The summed E-state index contributed by atoms with van der Waals surface area (Å²) in [5.74, 6) is 0.0296. The summed E-state index contributed by atoms with van der Waals surface area (Å²) in [5.41, 5.74) is 2.15. The van der Waals surface area contributed by atoms with E-state index in [1.807, 2.05) is 32.0 Å². The zero-order valence-electron chi connectivity index (χ0n) is 11.2. The normalized spacial score (nSPS) is 10.8. The SMILES string of the molecule is CC(C)c1[nH]nc(C(=O)NCc2ccccc2Cl)c1Br. The minimum atomic E-state index is -0.236. The molecule has 2 N–H and O–H groups in total. The lowest BCUT2D eigenvalue weighted by atomic mass is 10.1. The molecule has 0 saturated carbocycles. The van der Waals surface area contributed by atoms with Crippen molar-refractivity contribution in [1.82, 2.24) is 15.5 Å². The molecule has 0 atom stereocenters. The van der Waals surface area contributed by atoms with Crippen molar-refractivity contribution in [2.75, 3.05) is 0 Å². The summed E-state index contributed by atoms with van der Waals surface area (Å²) >= 11 is 9.46. The van der Waals surface area contributed by atoms with E-state index in [1.54, 1.807) is 6.07 Å². The molecular formula is C14H15BrClN3O. The summed E-state index contributed by atoms with van der Waals surface area (Å²) in [6, 6.07) is 7.41. The molecule has 6 heteroatoms. The lowest BCUT2D eigenvalue weighted by molar-refractivity contribution is 0.0945. The van der Waals surface area contributed by atoms with Gasteiger partial charge in [0.2, 0.25) is 0 Å². The third kappa shape index (κ3) is 3.22. The van der Waals surface area contributed by atoms with E-state index >= 15 is 0 Å². The van der Waals surface area contributed by atoms with Crippen molar-refractivity contribution in [3.63, 3.8) is 0 Å². The Morgan fingerprint density at radius 2 is 2.15 bits per heavy atom. The first-order valence-corrected chi connectivity index (χ1v) is 7.43. The molecule has 1 aromatic carbocycles. The number of carbonyl (C=O) groups is 1. The average molecular weight is 357 g/mol. The van der Waals surface area contributed by atoms with Crippen molar-refractivity contribution in [2.45, 2.75) is 26.3 Å². The van der Waals surface area contributed by atoms with Crippen molar-refractivity contribution in [1.29, 1.82) is 0 Å². The summed E-state index contributed by atoms with van der Waals surface area (Å²) < 4.78 is 0.712. The molecule has 0 aliphatic heterocycles. The van der Waals surface area contributed by atoms with Gasteiger partial charge < -0.3 is 5.32 Å². The minimum absolute atomic E-state index is 0.236. The lowest BCUT2D eigenvalue weighted by Crippen LogP contribution is -2.23. The van der Waals surface area contributed by atoms with Gasteiger partial charge in [-0.3, -0.25) is 9.89 Å². The molecule has 1 aromatic heterocycles. The maximum Gasteiger partial charge on any atom is 0.273 e. The maximum atomic E-state index is 12.1. The van der Waals surface area contributed by atoms with Gasteiger partial charge in [0.05, 0.1) is 10.2 Å². The van der Waals surface area contributed by atoms with Crippen LogP contribution in [0.15, 0.2) is 28.7 Å². The number of halogens is 2. The van der Waals surface area contributed by atoms with Crippen molar-refractivity contribution in [3.8, 4) is 0 Å². The van der Waals surface area contributed by atoms with E-state index in [0.29, 0.717) is 21.7 Å². The predicted octanol–water partition coefficient (Wildman–Crippen LogP) is 3.88. The zero-order chi connectivity index (χ0) is 14.7. The van der Waals surface area contributed by atoms with Crippen LogP contribution in [0.3, 0.4) is 0 Å². The second-order valence-corrected chi connectivity index (χ2v) is 5.93. The van der Waals surface area contributed by atoms with Gasteiger partial charge in [0.15, 0.2) is 5.69 Å². The highest BCUT2D eigenvalue weighted by atomic mass is 79.9. The van der Waals surface area contributed by atoms with Crippen molar-refractivity contribution < 1.29 is 4.79 Å². The monoisotopic (exact) mass is 355 g/mol.